The SMILES string of the molecule is FC(F)(F)c1ccc(-c2nc3ncncc3[nH]2)s1. The van der Waals surface area contributed by atoms with Crippen molar-refractivity contribution in [3.63, 3.8) is 0 Å². The van der Waals surface area contributed by atoms with Crippen LogP contribution < -0.4 is 0 Å². The molecule has 0 fully saturated rings. The molecule has 3 rings (SSSR count). The Balaban J connectivity index is 2.06. The van der Waals surface area contributed by atoms with Gasteiger partial charge in [0.05, 0.1) is 11.1 Å². The largest absolute Gasteiger partial charge is 0.425 e. The van der Waals surface area contributed by atoms with E-state index >= 15 is 0 Å². The fourth-order valence-corrected chi connectivity index (χ4v) is 2.31. The third kappa shape index (κ3) is 1.84. The third-order valence-corrected chi connectivity index (χ3v) is 3.42. The molecule has 0 unspecified atom stereocenters. The Labute approximate surface area is 103 Å². The summed E-state index contributed by atoms with van der Waals surface area (Å²) in [6.07, 6.45) is -1.46. The number of alkyl halides is 3. The maximum atomic E-state index is 12.5. The van der Waals surface area contributed by atoms with Crippen LogP contribution in [0.2, 0.25) is 0 Å². The molecule has 0 aromatic carbocycles. The molecule has 0 aliphatic heterocycles. The molecular weight excluding hydrogens is 265 g/mol. The van der Waals surface area contributed by atoms with Gasteiger partial charge in [0.2, 0.25) is 0 Å². The topological polar surface area (TPSA) is 54.5 Å². The Morgan fingerprint density at radius 3 is 2.72 bits per heavy atom. The molecule has 92 valence electrons. The van der Waals surface area contributed by atoms with E-state index < -0.39 is 11.1 Å². The molecular formula is C10H5F3N4S. The minimum absolute atomic E-state index is 0.367. The minimum atomic E-state index is -4.32. The molecule has 1 N–H and O–H groups in total. The van der Waals surface area contributed by atoms with Crippen LogP contribution in [0.1, 0.15) is 4.88 Å². The molecule has 0 radical (unpaired) electrons. The Bertz CT molecular complexity index is 667. The Kier molecular flexibility index (Phi) is 2.34. The number of halogens is 3. The molecule has 18 heavy (non-hydrogen) atoms. The number of hydrogen-bond donors (Lipinski definition) is 1. The molecule has 3 aromatic heterocycles. The average molecular weight is 270 g/mol. The molecule has 0 saturated heterocycles. The molecule has 0 aliphatic rings. The van der Waals surface area contributed by atoms with Crippen LogP contribution in [0.25, 0.3) is 21.9 Å². The first kappa shape index (κ1) is 11.1. The van der Waals surface area contributed by atoms with Gasteiger partial charge in [0.25, 0.3) is 0 Å². The van der Waals surface area contributed by atoms with Crippen molar-refractivity contribution in [2.75, 3.05) is 0 Å². The second-order valence-electron chi connectivity index (χ2n) is 3.51. The van der Waals surface area contributed by atoms with Crippen molar-refractivity contribution >= 4 is 22.5 Å². The van der Waals surface area contributed by atoms with Crippen LogP contribution in [0.4, 0.5) is 13.2 Å². The van der Waals surface area contributed by atoms with E-state index in [1.807, 2.05) is 0 Å². The number of aromatic amines is 1. The van der Waals surface area contributed by atoms with Crippen molar-refractivity contribution in [3.8, 4) is 10.7 Å². The zero-order valence-electron chi connectivity index (χ0n) is 8.69. The van der Waals surface area contributed by atoms with Crippen LogP contribution in [-0.2, 0) is 6.18 Å². The normalized spacial score (nSPS) is 12.2. The Hall–Kier alpha value is -1.96. The highest BCUT2D eigenvalue weighted by Gasteiger charge is 2.32. The van der Waals surface area contributed by atoms with Crippen LogP contribution in [0.3, 0.4) is 0 Å². The quantitative estimate of drug-likeness (QED) is 0.739. The van der Waals surface area contributed by atoms with Crippen molar-refractivity contribution in [2.24, 2.45) is 0 Å². The predicted molar refractivity (Wildman–Crippen MR) is 60.0 cm³/mol. The van der Waals surface area contributed by atoms with Crippen LogP contribution >= 0.6 is 11.3 Å². The zero-order valence-corrected chi connectivity index (χ0v) is 9.51. The maximum absolute atomic E-state index is 12.5. The van der Waals surface area contributed by atoms with Gasteiger partial charge >= 0.3 is 6.18 Å². The number of nitrogens with one attached hydrogen (secondary N) is 1. The highest BCUT2D eigenvalue weighted by molar-refractivity contribution is 7.15. The van der Waals surface area contributed by atoms with Crippen molar-refractivity contribution in [3.05, 3.63) is 29.5 Å². The lowest BCUT2D eigenvalue weighted by molar-refractivity contribution is -0.134. The maximum Gasteiger partial charge on any atom is 0.425 e. The number of thiophene rings is 1. The first-order chi connectivity index (χ1) is 8.54. The van der Waals surface area contributed by atoms with E-state index in [0.29, 0.717) is 33.2 Å². The highest BCUT2D eigenvalue weighted by Crippen LogP contribution is 2.37. The summed E-state index contributed by atoms with van der Waals surface area (Å²) in [4.78, 5) is 14.5. The van der Waals surface area contributed by atoms with Gasteiger partial charge in [0.15, 0.2) is 11.5 Å². The summed E-state index contributed by atoms with van der Waals surface area (Å²) in [7, 11) is 0. The number of H-pyrrole nitrogens is 1. The summed E-state index contributed by atoms with van der Waals surface area (Å²) < 4.78 is 37.4. The van der Waals surface area contributed by atoms with Gasteiger partial charge in [-0.25, -0.2) is 15.0 Å². The van der Waals surface area contributed by atoms with Gasteiger partial charge in [0.1, 0.15) is 16.7 Å². The summed E-state index contributed by atoms with van der Waals surface area (Å²) in [5.74, 6) is 0.367. The number of hydrogen-bond acceptors (Lipinski definition) is 4. The molecule has 3 heterocycles. The van der Waals surface area contributed by atoms with Gasteiger partial charge in [-0.2, -0.15) is 13.2 Å². The van der Waals surface area contributed by atoms with Crippen LogP contribution in [0.15, 0.2) is 24.7 Å². The van der Waals surface area contributed by atoms with Gasteiger partial charge in [-0.05, 0) is 12.1 Å². The van der Waals surface area contributed by atoms with Gasteiger partial charge in [-0.3, -0.25) is 0 Å². The molecule has 0 aliphatic carbocycles. The van der Waals surface area contributed by atoms with E-state index in [1.54, 1.807) is 0 Å². The van der Waals surface area contributed by atoms with E-state index in [0.717, 1.165) is 6.07 Å². The summed E-state index contributed by atoms with van der Waals surface area (Å²) in [6, 6.07) is 2.43. The molecule has 0 saturated carbocycles. The van der Waals surface area contributed by atoms with Crippen molar-refractivity contribution < 1.29 is 13.2 Å². The van der Waals surface area contributed by atoms with E-state index in [2.05, 4.69) is 19.9 Å². The van der Waals surface area contributed by atoms with Gasteiger partial charge in [-0.1, -0.05) is 0 Å². The van der Waals surface area contributed by atoms with Gasteiger partial charge in [0, 0.05) is 0 Å². The molecule has 4 nitrogen and oxygen atoms in total. The first-order valence-electron chi connectivity index (χ1n) is 4.87. The second-order valence-corrected chi connectivity index (χ2v) is 4.59. The van der Waals surface area contributed by atoms with Crippen LogP contribution in [-0.4, -0.2) is 19.9 Å². The molecule has 0 atom stereocenters. The average Bonchev–Trinajstić information content (AvgIpc) is 2.94. The van der Waals surface area contributed by atoms with E-state index in [-0.39, 0.29) is 0 Å². The number of fused-ring (bicyclic) bond motifs is 1. The summed E-state index contributed by atoms with van der Waals surface area (Å²) in [5, 5.41) is 0. The minimum Gasteiger partial charge on any atom is -0.335 e. The van der Waals surface area contributed by atoms with Gasteiger partial charge in [-0.15, -0.1) is 11.3 Å². The monoisotopic (exact) mass is 270 g/mol. The van der Waals surface area contributed by atoms with E-state index in [4.69, 9.17) is 0 Å². The molecule has 0 bridgehead atoms. The fraction of sp³-hybridized carbons (Fsp3) is 0.100. The number of rotatable bonds is 1. The van der Waals surface area contributed by atoms with Crippen LogP contribution in [0, 0.1) is 0 Å². The molecule has 0 amide bonds. The lowest BCUT2D eigenvalue weighted by Gasteiger charge is -2.00. The molecule has 8 heteroatoms. The Morgan fingerprint density at radius 2 is 2.06 bits per heavy atom. The Morgan fingerprint density at radius 1 is 1.22 bits per heavy atom. The fourth-order valence-electron chi connectivity index (χ4n) is 1.50. The lowest BCUT2D eigenvalue weighted by atomic mass is 10.4. The van der Waals surface area contributed by atoms with E-state index in [1.165, 1.54) is 18.6 Å². The standard InChI is InChI=1S/C10H5F3N4S/c11-10(12,13)7-2-1-6(18-7)9-16-5-3-14-4-15-8(5)17-9/h1-4H,(H,14,15,16,17). The highest BCUT2D eigenvalue weighted by atomic mass is 32.1. The number of nitrogens with zero attached hydrogens (tertiary/aromatic N) is 3. The van der Waals surface area contributed by atoms with Crippen LogP contribution in [0.5, 0.6) is 0 Å². The zero-order chi connectivity index (χ0) is 12.8. The predicted octanol–water partition coefficient (Wildman–Crippen LogP) is 3.10. The van der Waals surface area contributed by atoms with Crippen molar-refractivity contribution in [2.45, 2.75) is 6.18 Å². The summed E-state index contributed by atoms with van der Waals surface area (Å²) >= 11 is 0.641. The molecule has 0 spiro atoms. The summed E-state index contributed by atoms with van der Waals surface area (Å²) in [5.41, 5.74) is 1.02. The van der Waals surface area contributed by atoms with Crippen molar-refractivity contribution in [1.82, 2.24) is 19.9 Å². The van der Waals surface area contributed by atoms with E-state index in [9.17, 15) is 13.2 Å². The van der Waals surface area contributed by atoms with Crippen molar-refractivity contribution in [1.29, 1.82) is 0 Å². The smallest absolute Gasteiger partial charge is 0.335 e. The number of imidazole rings is 1. The lowest BCUT2D eigenvalue weighted by Crippen LogP contribution is -2.00. The number of aromatic nitrogens is 4. The van der Waals surface area contributed by atoms with Gasteiger partial charge < -0.3 is 4.98 Å². The first-order valence-corrected chi connectivity index (χ1v) is 5.69. The third-order valence-electron chi connectivity index (χ3n) is 2.28. The summed E-state index contributed by atoms with van der Waals surface area (Å²) in [6.45, 7) is 0. The second kappa shape index (κ2) is 3.77. The molecule has 3 aromatic rings.